The summed E-state index contributed by atoms with van der Waals surface area (Å²) in [5.41, 5.74) is 2.67. The summed E-state index contributed by atoms with van der Waals surface area (Å²) in [6.07, 6.45) is 0. The third-order valence-electron chi connectivity index (χ3n) is 5.14. The van der Waals surface area contributed by atoms with Crippen LogP contribution in [0.2, 0.25) is 5.02 Å². The fraction of sp³-hybridized carbons (Fsp3) is 0.240. The molecular formula is C25H27ClN2O3S. The van der Waals surface area contributed by atoms with E-state index in [0.29, 0.717) is 0 Å². The first-order valence-corrected chi connectivity index (χ1v) is 12.1. The van der Waals surface area contributed by atoms with Crippen molar-refractivity contribution >= 4 is 33.2 Å². The van der Waals surface area contributed by atoms with E-state index in [1.54, 1.807) is 18.2 Å². The predicted molar refractivity (Wildman–Crippen MR) is 130 cm³/mol. The second-order valence-corrected chi connectivity index (χ2v) is 10.8. The third-order valence-corrected chi connectivity index (χ3v) is 6.87. The van der Waals surface area contributed by atoms with Crippen LogP contribution >= 0.6 is 11.6 Å². The number of nitrogens with one attached hydrogen (secondary N) is 2. The molecule has 0 bridgehead atoms. The normalized spacial score (nSPS) is 12.8. The van der Waals surface area contributed by atoms with E-state index in [0.717, 1.165) is 5.56 Å². The summed E-state index contributed by atoms with van der Waals surface area (Å²) >= 11 is 6.24. The van der Waals surface area contributed by atoms with E-state index in [9.17, 15) is 13.2 Å². The number of sulfonamides is 1. The van der Waals surface area contributed by atoms with E-state index in [-0.39, 0.29) is 38.5 Å². The smallest absolute Gasteiger partial charge is 0.261 e. The van der Waals surface area contributed by atoms with Gasteiger partial charge in [0.25, 0.3) is 15.9 Å². The van der Waals surface area contributed by atoms with Gasteiger partial charge in [-0.25, -0.2) is 8.42 Å². The molecule has 1 unspecified atom stereocenters. The lowest BCUT2D eigenvalue weighted by Crippen LogP contribution is -2.27. The van der Waals surface area contributed by atoms with Crippen molar-refractivity contribution in [3.8, 4) is 0 Å². The Balaban J connectivity index is 1.77. The maximum atomic E-state index is 12.9. The maximum absolute atomic E-state index is 12.9. The first-order valence-electron chi connectivity index (χ1n) is 10.3. The molecule has 0 aromatic heterocycles. The summed E-state index contributed by atoms with van der Waals surface area (Å²) in [6.45, 7) is 8.33. The van der Waals surface area contributed by atoms with Gasteiger partial charge in [0, 0.05) is 5.69 Å². The first-order chi connectivity index (χ1) is 15.0. The van der Waals surface area contributed by atoms with Crippen LogP contribution < -0.4 is 10.0 Å². The number of rotatable bonds is 6. The van der Waals surface area contributed by atoms with Gasteiger partial charge in [-0.15, -0.1) is 0 Å². The number of amides is 1. The molecule has 1 amide bonds. The minimum atomic E-state index is -3.78. The molecule has 5 nitrogen and oxygen atoms in total. The minimum Gasteiger partial charge on any atom is -0.345 e. The third kappa shape index (κ3) is 5.69. The lowest BCUT2D eigenvalue weighted by Gasteiger charge is -2.21. The van der Waals surface area contributed by atoms with Crippen LogP contribution in [-0.4, -0.2) is 14.3 Å². The summed E-state index contributed by atoms with van der Waals surface area (Å²) in [5.74, 6) is -0.386. The van der Waals surface area contributed by atoms with Gasteiger partial charge in [-0.2, -0.15) is 0 Å². The number of hydrogen-bond donors (Lipinski definition) is 2. The van der Waals surface area contributed by atoms with Gasteiger partial charge >= 0.3 is 0 Å². The molecule has 7 heteroatoms. The Morgan fingerprint density at radius 3 is 2.16 bits per heavy atom. The molecule has 1 atom stereocenters. The predicted octanol–water partition coefficient (Wildman–Crippen LogP) is 5.93. The molecule has 0 saturated heterocycles. The highest BCUT2D eigenvalue weighted by Gasteiger charge is 2.19. The second-order valence-electron chi connectivity index (χ2n) is 8.68. The van der Waals surface area contributed by atoms with Gasteiger partial charge in [0.05, 0.1) is 21.5 Å². The molecule has 0 aliphatic rings. The van der Waals surface area contributed by atoms with E-state index >= 15 is 0 Å². The fourth-order valence-corrected chi connectivity index (χ4v) is 4.48. The molecule has 168 valence electrons. The zero-order valence-corrected chi connectivity index (χ0v) is 20.1. The lowest BCUT2D eigenvalue weighted by atomic mass is 9.86. The molecule has 3 aromatic rings. The van der Waals surface area contributed by atoms with E-state index < -0.39 is 10.0 Å². The zero-order chi connectivity index (χ0) is 23.5. The number of halogens is 1. The summed E-state index contributed by atoms with van der Waals surface area (Å²) in [4.78, 5) is 13.0. The van der Waals surface area contributed by atoms with Gasteiger partial charge in [-0.05, 0) is 53.8 Å². The first kappa shape index (κ1) is 23.8. The molecule has 32 heavy (non-hydrogen) atoms. The Morgan fingerprint density at radius 1 is 0.938 bits per heavy atom. The fourth-order valence-electron chi connectivity index (χ4n) is 3.21. The number of anilines is 1. The van der Waals surface area contributed by atoms with E-state index in [1.165, 1.54) is 35.9 Å². The molecule has 0 fully saturated rings. The number of carbonyl (C=O) groups excluding carboxylic acids is 1. The van der Waals surface area contributed by atoms with Crippen molar-refractivity contribution in [1.29, 1.82) is 0 Å². The molecule has 0 aliphatic heterocycles. The minimum absolute atomic E-state index is 0.0477. The molecule has 2 N–H and O–H groups in total. The number of hydrogen-bond acceptors (Lipinski definition) is 3. The molecule has 0 saturated carbocycles. The molecule has 0 radical (unpaired) electrons. The largest absolute Gasteiger partial charge is 0.345 e. The molecule has 0 heterocycles. The van der Waals surface area contributed by atoms with Crippen LogP contribution in [0.1, 0.15) is 55.2 Å². The Morgan fingerprint density at radius 2 is 1.56 bits per heavy atom. The Bertz CT molecular complexity index is 1200. The Labute approximate surface area is 194 Å². The quantitative estimate of drug-likeness (QED) is 0.468. The molecule has 0 aliphatic carbocycles. The maximum Gasteiger partial charge on any atom is 0.261 e. The van der Waals surface area contributed by atoms with Crippen LogP contribution in [0.25, 0.3) is 0 Å². The van der Waals surface area contributed by atoms with Crippen molar-refractivity contribution in [1.82, 2.24) is 5.32 Å². The van der Waals surface area contributed by atoms with Gasteiger partial charge in [0.15, 0.2) is 0 Å². The highest BCUT2D eigenvalue weighted by atomic mass is 35.5. The van der Waals surface area contributed by atoms with Crippen molar-refractivity contribution in [3.05, 3.63) is 94.5 Å². The van der Waals surface area contributed by atoms with E-state index in [1.807, 2.05) is 19.1 Å². The Hall–Kier alpha value is -2.83. The van der Waals surface area contributed by atoms with Crippen molar-refractivity contribution in [2.24, 2.45) is 0 Å². The van der Waals surface area contributed by atoms with Gasteiger partial charge in [-0.1, -0.05) is 74.8 Å². The summed E-state index contributed by atoms with van der Waals surface area (Å²) in [7, 11) is -3.78. The van der Waals surface area contributed by atoms with E-state index in [4.69, 9.17) is 11.6 Å². The van der Waals surface area contributed by atoms with Gasteiger partial charge in [0.1, 0.15) is 0 Å². The van der Waals surface area contributed by atoms with Crippen LogP contribution in [0.3, 0.4) is 0 Å². The van der Waals surface area contributed by atoms with Gasteiger partial charge < -0.3 is 5.32 Å². The van der Waals surface area contributed by atoms with Crippen molar-refractivity contribution < 1.29 is 13.2 Å². The summed E-state index contributed by atoms with van der Waals surface area (Å²) < 4.78 is 27.7. The van der Waals surface area contributed by atoms with Crippen LogP contribution in [0.5, 0.6) is 0 Å². The van der Waals surface area contributed by atoms with Crippen LogP contribution in [-0.2, 0) is 15.4 Å². The van der Waals surface area contributed by atoms with Crippen molar-refractivity contribution in [2.75, 3.05) is 4.72 Å². The van der Waals surface area contributed by atoms with Crippen LogP contribution in [0.15, 0.2) is 77.7 Å². The zero-order valence-electron chi connectivity index (χ0n) is 18.5. The van der Waals surface area contributed by atoms with Crippen LogP contribution in [0, 0.1) is 0 Å². The van der Waals surface area contributed by atoms with Crippen molar-refractivity contribution in [3.63, 3.8) is 0 Å². The van der Waals surface area contributed by atoms with Crippen molar-refractivity contribution in [2.45, 2.75) is 44.0 Å². The topological polar surface area (TPSA) is 75.3 Å². The monoisotopic (exact) mass is 470 g/mol. The number of benzene rings is 3. The number of carbonyl (C=O) groups is 1. The molecular weight excluding hydrogens is 444 g/mol. The standard InChI is InChI=1S/C25H27ClN2O3S/c1-17(18-10-12-19(13-11-18)25(2,3)4)27-24(29)22-16-20(14-15-23(22)26)28-32(30,31)21-8-6-5-7-9-21/h5-17,28H,1-4H3,(H,27,29). The summed E-state index contributed by atoms with van der Waals surface area (Å²) in [5, 5.41) is 3.17. The lowest BCUT2D eigenvalue weighted by molar-refractivity contribution is 0.0940. The SMILES string of the molecule is CC(NC(=O)c1cc(NS(=O)(=O)c2ccccc2)ccc1Cl)c1ccc(C(C)(C)C)cc1. The van der Waals surface area contributed by atoms with Crippen LogP contribution in [0.4, 0.5) is 5.69 Å². The highest BCUT2D eigenvalue weighted by molar-refractivity contribution is 7.92. The second kappa shape index (κ2) is 9.35. The summed E-state index contributed by atoms with van der Waals surface area (Å²) in [6, 6.07) is 20.3. The molecule has 0 spiro atoms. The average molecular weight is 471 g/mol. The highest BCUT2D eigenvalue weighted by Crippen LogP contribution is 2.26. The molecule has 3 rings (SSSR count). The average Bonchev–Trinajstić information content (AvgIpc) is 2.75. The van der Waals surface area contributed by atoms with Gasteiger partial charge in [-0.3, -0.25) is 9.52 Å². The Kier molecular flexibility index (Phi) is 6.96. The van der Waals surface area contributed by atoms with E-state index in [2.05, 4.69) is 42.9 Å². The van der Waals surface area contributed by atoms with Gasteiger partial charge in [0.2, 0.25) is 0 Å². The molecule has 3 aromatic carbocycles.